The summed E-state index contributed by atoms with van der Waals surface area (Å²) in [6.07, 6.45) is 0. The van der Waals surface area contributed by atoms with E-state index in [-0.39, 0.29) is 12.1 Å². The molecule has 2 N–H and O–H groups in total. The van der Waals surface area contributed by atoms with Gasteiger partial charge in [-0.15, -0.1) is 10.2 Å². The van der Waals surface area contributed by atoms with Crippen molar-refractivity contribution in [2.24, 2.45) is 7.05 Å². The topological polar surface area (TPSA) is 106 Å². The number of fused-ring (bicyclic) bond motifs is 3. The number of hydrogen-bond acceptors (Lipinski definition) is 9. The van der Waals surface area contributed by atoms with Crippen LogP contribution in [-0.2, 0) is 7.05 Å². The first-order valence-electron chi connectivity index (χ1n) is 9.45. The molecule has 0 unspecified atom stereocenters. The minimum absolute atomic E-state index is 0.201. The quantitative estimate of drug-likeness (QED) is 0.495. The van der Waals surface area contributed by atoms with Crippen LogP contribution in [0.5, 0.6) is 0 Å². The van der Waals surface area contributed by atoms with Crippen LogP contribution in [0, 0.1) is 0 Å². The van der Waals surface area contributed by atoms with Gasteiger partial charge in [0.25, 0.3) is 0 Å². The molecule has 4 rings (SSSR count). The maximum atomic E-state index is 4.70. The molecule has 0 fully saturated rings. The molecule has 29 heavy (non-hydrogen) atoms. The van der Waals surface area contributed by atoms with E-state index >= 15 is 0 Å². The summed E-state index contributed by atoms with van der Waals surface area (Å²) < 4.78 is 2.02. The van der Waals surface area contributed by atoms with Gasteiger partial charge in [-0.05, 0) is 45.5 Å². The van der Waals surface area contributed by atoms with Gasteiger partial charge in [-0.2, -0.15) is 15.0 Å². The number of hydrogen-bond donors (Lipinski definition) is 2. The molecule has 3 heterocycles. The third kappa shape index (κ3) is 4.07. The first kappa shape index (κ1) is 19.3. The Hall–Kier alpha value is -3.01. The van der Waals surface area contributed by atoms with E-state index in [4.69, 9.17) is 4.98 Å². The van der Waals surface area contributed by atoms with E-state index in [1.165, 1.54) is 11.8 Å². The van der Waals surface area contributed by atoms with Gasteiger partial charge in [-0.25, -0.2) is 4.98 Å². The highest BCUT2D eigenvalue weighted by Crippen LogP contribution is 2.28. The van der Waals surface area contributed by atoms with Crippen molar-refractivity contribution < 1.29 is 0 Å². The van der Waals surface area contributed by atoms with Gasteiger partial charge in [0.05, 0.1) is 5.52 Å². The Kier molecular flexibility index (Phi) is 5.18. The largest absolute Gasteiger partial charge is 0.352 e. The zero-order valence-electron chi connectivity index (χ0n) is 17.0. The van der Waals surface area contributed by atoms with Crippen molar-refractivity contribution in [1.82, 2.24) is 34.7 Å². The summed E-state index contributed by atoms with van der Waals surface area (Å²) in [5.74, 6) is 1.03. The number of benzene rings is 1. The van der Waals surface area contributed by atoms with Crippen LogP contribution in [0.2, 0.25) is 0 Å². The lowest BCUT2D eigenvalue weighted by molar-refractivity contribution is 0.806. The van der Waals surface area contributed by atoms with Crippen LogP contribution in [0.25, 0.3) is 22.1 Å². The van der Waals surface area contributed by atoms with Crippen LogP contribution < -0.4 is 10.6 Å². The fourth-order valence-electron chi connectivity index (χ4n) is 2.96. The van der Waals surface area contributed by atoms with Crippen molar-refractivity contribution in [1.29, 1.82) is 0 Å². The number of aryl methyl sites for hydroxylation is 1. The first-order chi connectivity index (χ1) is 13.9. The van der Waals surface area contributed by atoms with Crippen LogP contribution in [0.4, 0.5) is 11.9 Å². The van der Waals surface area contributed by atoms with Crippen LogP contribution in [0.15, 0.2) is 34.6 Å². The van der Waals surface area contributed by atoms with E-state index in [1.807, 2.05) is 63.6 Å². The first-order valence-corrected chi connectivity index (χ1v) is 10.3. The lowest BCUT2D eigenvalue weighted by Gasteiger charge is -2.12. The molecule has 0 saturated heterocycles. The van der Waals surface area contributed by atoms with E-state index in [9.17, 15) is 0 Å². The number of para-hydroxylation sites is 1. The van der Waals surface area contributed by atoms with Gasteiger partial charge < -0.3 is 15.2 Å². The van der Waals surface area contributed by atoms with Crippen molar-refractivity contribution in [2.45, 2.75) is 50.1 Å². The molecule has 0 aliphatic rings. The van der Waals surface area contributed by atoms with Gasteiger partial charge in [0, 0.05) is 24.5 Å². The molecule has 0 saturated carbocycles. The molecule has 0 atom stereocenters. The Morgan fingerprint density at radius 3 is 2.14 bits per heavy atom. The molecule has 0 amide bonds. The fourth-order valence-corrected chi connectivity index (χ4v) is 3.61. The predicted molar refractivity (Wildman–Crippen MR) is 115 cm³/mol. The Morgan fingerprint density at radius 2 is 1.48 bits per heavy atom. The van der Waals surface area contributed by atoms with E-state index < -0.39 is 0 Å². The smallest absolute Gasteiger partial charge is 0.228 e. The normalized spacial score (nSPS) is 11.7. The van der Waals surface area contributed by atoms with Crippen LogP contribution in [-0.4, -0.2) is 46.8 Å². The highest BCUT2D eigenvalue weighted by Gasteiger charge is 2.15. The highest BCUT2D eigenvalue weighted by molar-refractivity contribution is 7.99. The molecule has 150 valence electrons. The van der Waals surface area contributed by atoms with E-state index in [2.05, 4.69) is 35.8 Å². The summed E-state index contributed by atoms with van der Waals surface area (Å²) in [6.45, 7) is 8.14. The van der Waals surface area contributed by atoms with Crippen molar-refractivity contribution in [2.75, 3.05) is 10.6 Å². The minimum atomic E-state index is 0.201. The van der Waals surface area contributed by atoms with E-state index in [0.717, 1.165) is 22.1 Å². The summed E-state index contributed by atoms with van der Waals surface area (Å²) >= 11 is 1.26. The van der Waals surface area contributed by atoms with Crippen LogP contribution in [0.1, 0.15) is 27.7 Å². The lowest BCUT2D eigenvalue weighted by atomic mass is 10.2. The maximum absolute atomic E-state index is 4.70. The molecule has 0 bridgehead atoms. The zero-order chi connectivity index (χ0) is 20.5. The SMILES string of the molecule is CC(C)Nc1nc(NC(C)C)nc(Sc2nnc3c4ccccc4n(C)c3n2)n1. The summed E-state index contributed by atoms with van der Waals surface area (Å²) in [4.78, 5) is 18.1. The molecule has 3 aromatic heterocycles. The minimum Gasteiger partial charge on any atom is -0.352 e. The summed E-state index contributed by atoms with van der Waals surface area (Å²) in [6, 6.07) is 8.47. The Balaban J connectivity index is 1.71. The van der Waals surface area contributed by atoms with Crippen molar-refractivity contribution in [3.63, 3.8) is 0 Å². The summed E-state index contributed by atoms with van der Waals surface area (Å²) in [7, 11) is 1.98. The van der Waals surface area contributed by atoms with Gasteiger partial charge in [0.15, 0.2) is 5.65 Å². The van der Waals surface area contributed by atoms with Gasteiger partial charge in [0.1, 0.15) is 5.52 Å². The lowest BCUT2D eigenvalue weighted by Crippen LogP contribution is -2.17. The Bertz CT molecular complexity index is 1140. The summed E-state index contributed by atoms with van der Waals surface area (Å²) in [5, 5.41) is 17.2. The van der Waals surface area contributed by atoms with Crippen molar-refractivity contribution in [3.8, 4) is 0 Å². The molecule has 0 aliphatic carbocycles. The van der Waals surface area contributed by atoms with Gasteiger partial charge >= 0.3 is 0 Å². The summed E-state index contributed by atoms with van der Waals surface area (Å²) in [5.41, 5.74) is 2.63. The van der Waals surface area contributed by atoms with Crippen molar-refractivity contribution in [3.05, 3.63) is 24.3 Å². The molecule has 4 aromatic rings. The number of nitrogens with zero attached hydrogens (tertiary/aromatic N) is 7. The third-order valence-electron chi connectivity index (χ3n) is 4.12. The predicted octanol–water partition coefficient (Wildman–Crippen LogP) is 3.49. The number of anilines is 2. The molecule has 1 aromatic carbocycles. The second kappa shape index (κ2) is 7.78. The second-order valence-electron chi connectivity index (χ2n) is 7.31. The molecule has 9 nitrogen and oxygen atoms in total. The Morgan fingerprint density at radius 1 is 0.828 bits per heavy atom. The van der Waals surface area contributed by atoms with Gasteiger partial charge in [-0.1, -0.05) is 18.2 Å². The molecule has 0 radical (unpaired) electrons. The molecular formula is C19H23N9S. The average Bonchev–Trinajstić information content (AvgIpc) is 2.93. The van der Waals surface area contributed by atoms with Gasteiger partial charge in [-0.3, -0.25) is 0 Å². The zero-order valence-corrected chi connectivity index (χ0v) is 17.8. The van der Waals surface area contributed by atoms with E-state index in [1.54, 1.807) is 0 Å². The second-order valence-corrected chi connectivity index (χ2v) is 8.24. The monoisotopic (exact) mass is 409 g/mol. The average molecular weight is 410 g/mol. The fraction of sp³-hybridized carbons (Fsp3) is 0.368. The number of aromatic nitrogens is 7. The van der Waals surface area contributed by atoms with Crippen LogP contribution in [0.3, 0.4) is 0 Å². The number of rotatable bonds is 6. The third-order valence-corrected chi connectivity index (χ3v) is 4.84. The Labute approximate surface area is 172 Å². The highest BCUT2D eigenvalue weighted by atomic mass is 32.2. The molecule has 0 aliphatic heterocycles. The maximum Gasteiger partial charge on any atom is 0.228 e. The number of nitrogens with one attached hydrogen (secondary N) is 2. The van der Waals surface area contributed by atoms with Crippen LogP contribution >= 0.6 is 11.8 Å². The molecule has 10 heteroatoms. The molecular weight excluding hydrogens is 386 g/mol. The van der Waals surface area contributed by atoms with E-state index in [0.29, 0.717) is 22.2 Å². The standard InChI is InChI=1S/C19H23N9S/c1-10(2)20-16-23-17(21-11(3)4)25-18(24-16)29-19-22-15-14(26-27-19)12-8-6-7-9-13(12)28(15)5/h6-11H,1-5H3,(H2,20,21,23,24,25). The molecule has 0 spiro atoms. The van der Waals surface area contributed by atoms with Crippen molar-refractivity contribution >= 4 is 45.7 Å². The van der Waals surface area contributed by atoms with Gasteiger partial charge in [0.2, 0.25) is 22.2 Å².